The van der Waals surface area contributed by atoms with Crippen LogP contribution in [0, 0.1) is 0 Å². The first kappa shape index (κ1) is 10.3. The average Bonchev–Trinajstić information content (AvgIpc) is 1.83. The molecule has 11 heavy (non-hydrogen) atoms. The zero-order valence-electron chi connectivity index (χ0n) is 6.40. The fourth-order valence-corrected chi connectivity index (χ4v) is 0.456. The first-order valence-electron chi connectivity index (χ1n) is 3.16. The van der Waals surface area contributed by atoms with Gasteiger partial charge in [-0.2, -0.15) is 13.2 Å². The summed E-state index contributed by atoms with van der Waals surface area (Å²) in [6, 6.07) is 0. The molecule has 0 amide bonds. The van der Waals surface area contributed by atoms with Gasteiger partial charge in [-0.3, -0.25) is 0 Å². The lowest BCUT2D eigenvalue weighted by molar-refractivity contribution is -0.118. The molecule has 0 saturated heterocycles. The van der Waals surface area contributed by atoms with Crippen molar-refractivity contribution in [1.29, 1.82) is 0 Å². The van der Waals surface area contributed by atoms with Gasteiger partial charge in [-0.05, 0) is 6.92 Å². The molecular formula is C6H10F3NO. The molecule has 0 aliphatic rings. The summed E-state index contributed by atoms with van der Waals surface area (Å²) in [4.78, 5) is 3.15. The van der Waals surface area contributed by atoms with Crippen LogP contribution in [0.1, 0.15) is 13.8 Å². The Labute approximate surface area is 63.1 Å². The van der Waals surface area contributed by atoms with E-state index in [4.69, 9.17) is 0 Å². The number of hydrogen-bond donors (Lipinski definition) is 0. The van der Waals surface area contributed by atoms with Gasteiger partial charge in [0.1, 0.15) is 6.54 Å². The number of halogens is 3. The van der Waals surface area contributed by atoms with Gasteiger partial charge in [0.25, 0.3) is 0 Å². The maximum atomic E-state index is 11.5. The maximum Gasteiger partial charge on any atom is 0.408 e. The molecule has 66 valence electrons. The van der Waals surface area contributed by atoms with Gasteiger partial charge in [0, 0.05) is 6.92 Å². The fourth-order valence-electron chi connectivity index (χ4n) is 0.456. The van der Waals surface area contributed by atoms with Crippen molar-refractivity contribution in [3.8, 4) is 0 Å². The molecule has 0 aromatic heterocycles. The molecule has 0 rings (SSSR count). The first-order chi connectivity index (χ1) is 4.95. The lowest BCUT2D eigenvalue weighted by Gasteiger charge is -2.03. The highest BCUT2D eigenvalue weighted by Crippen LogP contribution is 2.14. The molecule has 2 nitrogen and oxygen atoms in total. The van der Waals surface area contributed by atoms with Gasteiger partial charge >= 0.3 is 6.18 Å². The second-order valence-corrected chi connectivity index (χ2v) is 1.88. The van der Waals surface area contributed by atoms with Crippen molar-refractivity contribution in [2.45, 2.75) is 20.0 Å². The Bertz CT molecular complexity index is 141. The highest BCUT2D eigenvalue weighted by atomic mass is 19.4. The van der Waals surface area contributed by atoms with Crippen LogP contribution in [0.4, 0.5) is 13.2 Å². The number of ether oxygens (including phenoxy) is 1. The molecule has 0 bridgehead atoms. The third kappa shape index (κ3) is 7.15. The number of hydrogen-bond acceptors (Lipinski definition) is 2. The van der Waals surface area contributed by atoms with Crippen molar-refractivity contribution in [3.05, 3.63) is 0 Å². The molecule has 0 N–H and O–H groups in total. The molecule has 0 fully saturated rings. The van der Waals surface area contributed by atoms with E-state index >= 15 is 0 Å². The fraction of sp³-hybridized carbons (Fsp3) is 0.833. The summed E-state index contributed by atoms with van der Waals surface area (Å²) in [5.74, 6) is 0.0739. The summed E-state index contributed by atoms with van der Waals surface area (Å²) in [5.41, 5.74) is 0. The Morgan fingerprint density at radius 2 is 2.00 bits per heavy atom. The molecule has 0 aromatic rings. The highest BCUT2D eigenvalue weighted by molar-refractivity contribution is 5.73. The number of nitrogens with zero attached hydrogens (tertiary/aromatic N) is 1. The zero-order valence-corrected chi connectivity index (χ0v) is 6.40. The summed E-state index contributed by atoms with van der Waals surface area (Å²) in [7, 11) is 0. The van der Waals surface area contributed by atoms with Crippen molar-refractivity contribution in [1.82, 2.24) is 0 Å². The highest BCUT2D eigenvalue weighted by Gasteiger charge is 2.26. The molecule has 5 heteroatoms. The quantitative estimate of drug-likeness (QED) is 0.457. The molecule has 0 aliphatic carbocycles. The van der Waals surface area contributed by atoms with Crippen molar-refractivity contribution in [2.24, 2.45) is 4.99 Å². The Balaban J connectivity index is 3.73. The second-order valence-electron chi connectivity index (χ2n) is 1.88. The molecule has 0 saturated carbocycles. The third-order valence-electron chi connectivity index (χ3n) is 0.834. The minimum Gasteiger partial charge on any atom is -0.481 e. The first-order valence-corrected chi connectivity index (χ1v) is 3.16. The summed E-state index contributed by atoms with van der Waals surface area (Å²) >= 11 is 0. The van der Waals surface area contributed by atoms with E-state index in [0.29, 0.717) is 6.61 Å². The monoisotopic (exact) mass is 169 g/mol. The number of alkyl halides is 3. The van der Waals surface area contributed by atoms with Crippen LogP contribution in [0.2, 0.25) is 0 Å². The van der Waals surface area contributed by atoms with E-state index in [1.54, 1.807) is 6.92 Å². The molecule has 0 radical (unpaired) electrons. The Morgan fingerprint density at radius 3 is 2.36 bits per heavy atom. The summed E-state index contributed by atoms with van der Waals surface area (Å²) in [5, 5.41) is 0. The van der Waals surface area contributed by atoms with Crippen LogP contribution in [0.25, 0.3) is 0 Å². The smallest absolute Gasteiger partial charge is 0.408 e. The second kappa shape index (κ2) is 4.20. The van der Waals surface area contributed by atoms with Crippen molar-refractivity contribution in [3.63, 3.8) is 0 Å². The van der Waals surface area contributed by atoms with Crippen molar-refractivity contribution >= 4 is 5.90 Å². The molecule has 0 atom stereocenters. The Morgan fingerprint density at radius 1 is 1.45 bits per heavy atom. The van der Waals surface area contributed by atoms with E-state index in [1.165, 1.54) is 6.92 Å². The lowest BCUT2D eigenvalue weighted by atomic mass is 10.6. The number of rotatable bonds is 2. The van der Waals surface area contributed by atoms with Crippen LogP contribution >= 0.6 is 0 Å². The van der Waals surface area contributed by atoms with Gasteiger partial charge in [-0.15, -0.1) is 0 Å². The van der Waals surface area contributed by atoms with Gasteiger partial charge in [0.2, 0.25) is 0 Å². The predicted molar refractivity (Wildman–Crippen MR) is 35.7 cm³/mol. The topological polar surface area (TPSA) is 21.6 Å². The lowest BCUT2D eigenvalue weighted by Crippen LogP contribution is -2.14. The Kier molecular flexibility index (Phi) is 3.92. The minimum atomic E-state index is -4.24. The Hall–Kier alpha value is -0.740. The van der Waals surface area contributed by atoms with Gasteiger partial charge in [0.05, 0.1) is 6.61 Å². The van der Waals surface area contributed by atoms with Crippen LogP contribution < -0.4 is 0 Å². The molecular weight excluding hydrogens is 159 g/mol. The predicted octanol–water partition coefficient (Wildman–Crippen LogP) is 2.00. The summed E-state index contributed by atoms with van der Waals surface area (Å²) in [6.45, 7) is 2.26. The van der Waals surface area contributed by atoms with E-state index < -0.39 is 12.7 Å². The maximum absolute atomic E-state index is 11.5. The van der Waals surface area contributed by atoms with E-state index in [0.717, 1.165) is 0 Å². The van der Waals surface area contributed by atoms with Crippen LogP contribution in [0.3, 0.4) is 0 Å². The van der Waals surface area contributed by atoms with Crippen LogP contribution in [-0.2, 0) is 4.74 Å². The normalized spacial score (nSPS) is 13.4. The van der Waals surface area contributed by atoms with E-state index in [2.05, 4.69) is 9.73 Å². The molecule has 0 heterocycles. The largest absolute Gasteiger partial charge is 0.481 e. The average molecular weight is 169 g/mol. The number of aliphatic imine (C=N–C) groups is 1. The van der Waals surface area contributed by atoms with E-state index in [-0.39, 0.29) is 5.90 Å². The van der Waals surface area contributed by atoms with Gasteiger partial charge < -0.3 is 4.74 Å². The SMILES string of the molecule is CCO/C(C)=N/CC(F)(F)F. The zero-order chi connectivity index (χ0) is 8.91. The minimum absolute atomic E-state index is 0.0739. The van der Waals surface area contributed by atoms with E-state index in [9.17, 15) is 13.2 Å². The van der Waals surface area contributed by atoms with Gasteiger partial charge in [0.15, 0.2) is 5.90 Å². The van der Waals surface area contributed by atoms with Crippen molar-refractivity contribution < 1.29 is 17.9 Å². The molecule has 0 aromatic carbocycles. The van der Waals surface area contributed by atoms with Gasteiger partial charge in [-0.1, -0.05) is 0 Å². The van der Waals surface area contributed by atoms with Crippen molar-refractivity contribution in [2.75, 3.05) is 13.2 Å². The van der Waals surface area contributed by atoms with Crippen LogP contribution in [0.5, 0.6) is 0 Å². The summed E-state index contributed by atoms with van der Waals surface area (Å²) in [6.07, 6.45) is -4.24. The molecule has 0 unspecified atom stereocenters. The standard InChI is InChI=1S/C6H10F3NO/c1-3-11-5(2)10-4-6(7,8)9/h3-4H2,1-2H3/b10-5+. The van der Waals surface area contributed by atoms with Crippen LogP contribution in [0.15, 0.2) is 4.99 Å². The third-order valence-corrected chi connectivity index (χ3v) is 0.834. The molecule has 0 spiro atoms. The molecule has 0 aliphatic heterocycles. The van der Waals surface area contributed by atoms with Gasteiger partial charge in [-0.25, -0.2) is 4.99 Å². The van der Waals surface area contributed by atoms with E-state index in [1.807, 2.05) is 0 Å². The summed E-state index contributed by atoms with van der Waals surface area (Å²) < 4.78 is 39.2. The van der Waals surface area contributed by atoms with Crippen LogP contribution in [-0.4, -0.2) is 25.2 Å².